The fourth-order valence-corrected chi connectivity index (χ4v) is 9.09. The lowest BCUT2D eigenvalue weighted by Gasteiger charge is -2.32. The smallest absolute Gasteiger partial charge is 0.304 e. The van der Waals surface area contributed by atoms with Crippen molar-refractivity contribution >= 4 is 66.3 Å². The van der Waals surface area contributed by atoms with Crippen molar-refractivity contribution in [2.45, 2.75) is 31.2 Å². The summed E-state index contributed by atoms with van der Waals surface area (Å²) >= 11 is 0. The van der Waals surface area contributed by atoms with Gasteiger partial charge in [-0.05, 0) is 60.4 Å². The van der Waals surface area contributed by atoms with E-state index in [1.165, 1.54) is 16.7 Å². The molecular formula is C47H34N3O2+. The average molecular weight is 673 g/mol. The summed E-state index contributed by atoms with van der Waals surface area (Å²) in [5.41, 5.74) is 13.3. The molecule has 0 saturated carbocycles. The van der Waals surface area contributed by atoms with E-state index in [2.05, 4.69) is 125 Å². The van der Waals surface area contributed by atoms with Gasteiger partial charge < -0.3 is 8.83 Å². The number of aromatic nitrogens is 2. The van der Waals surface area contributed by atoms with Gasteiger partial charge in [0.15, 0.2) is 27.9 Å². The van der Waals surface area contributed by atoms with E-state index in [9.17, 15) is 0 Å². The molecule has 248 valence electrons. The maximum Gasteiger partial charge on any atom is 0.304 e. The van der Waals surface area contributed by atoms with Crippen molar-refractivity contribution in [3.05, 3.63) is 163 Å². The first kappa shape index (κ1) is 29.3. The molecule has 6 aromatic carbocycles. The first-order chi connectivity index (χ1) is 25.7. The lowest BCUT2D eigenvalue weighted by Crippen LogP contribution is -2.38. The van der Waals surface area contributed by atoms with Crippen molar-refractivity contribution in [1.29, 1.82) is 0 Å². The van der Waals surface area contributed by atoms with Gasteiger partial charge in [-0.2, -0.15) is 9.13 Å². The minimum absolute atomic E-state index is 0.00755. The molecule has 3 aromatic heterocycles. The maximum absolute atomic E-state index is 6.91. The summed E-state index contributed by atoms with van der Waals surface area (Å²) in [5.74, 6) is 1.22. The lowest BCUT2D eigenvalue weighted by atomic mass is 9.78. The van der Waals surface area contributed by atoms with E-state index < -0.39 is 0 Å². The molecule has 9 aromatic rings. The van der Waals surface area contributed by atoms with Gasteiger partial charge in [0.1, 0.15) is 22.4 Å². The fourth-order valence-electron chi connectivity index (χ4n) is 9.09. The second kappa shape index (κ2) is 11.0. The topological polar surface area (TPSA) is 47.5 Å². The summed E-state index contributed by atoms with van der Waals surface area (Å²) in [6, 6.07) is 45.0. The van der Waals surface area contributed by atoms with Gasteiger partial charge in [-0.15, -0.1) is 0 Å². The van der Waals surface area contributed by atoms with Crippen LogP contribution in [0.25, 0.3) is 77.7 Å². The summed E-state index contributed by atoms with van der Waals surface area (Å²) in [5, 5.41) is 4.39. The van der Waals surface area contributed by atoms with E-state index in [1.54, 1.807) is 0 Å². The lowest BCUT2D eigenvalue weighted by molar-refractivity contribution is -0.542. The number of hydrogen-bond donors (Lipinski definition) is 0. The number of imidazole rings is 1. The zero-order valence-corrected chi connectivity index (χ0v) is 28.6. The van der Waals surface area contributed by atoms with Crippen LogP contribution >= 0.6 is 0 Å². The highest BCUT2D eigenvalue weighted by molar-refractivity contribution is 6.12. The monoisotopic (exact) mass is 672 g/mol. The number of nitrogens with zero attached hydrogens (tertiary/aromatic N) is 3. The summed E-state index contributed by atoms with van der Waals surface area (Å²) in [6.07, 6.45) is 4.37. The van der Waals surface area contributed by atoms with Crippen molar-refractivity contribution in [1.82, 2.24) is 4.57 Å². The molecule has 0 amide bonds. The molecule has 5 nitrogen and oxygen atoms in total. The molecule has 0 N–H and O–H groups in total. The van der Waals surface area contributed by atoms with Gasteiger partial charge in [-0.1, -0.05) is 110 Å². The van der Waals surface area contributed by atoms with E-state index in [-0.39, 0.29) is 12.0 Å². The number of allylic oxidation sites excluding steroid dienone is 1. The Labute approximate surface area is 300 Å². The number of furan rings is 2. The molecule has 11 rings (SSSR count). The second-order valence-corrected chi connectivity index (χ2v) is 14.1. The van der Waals surface area contributed by atoms with E-state index in [1.807, 2.05) is 24.3 Å². The molecule has 2 atom stereocenters. The molecule has 0 bridgehead atoms. The number of rotatable bonds is 2. The van der Waals surface area contributed by atoms with Crippen LogP contribution in [-0.4, -0.2) is 16.3 Å². The molecule has 2 aliphatic rings. The van der Waals surface area contributed by atoms with Crippen molar-refractivity contribution in [3.63, 3.8) is 0 Å². The Morgan fingerprint density at radius 3 is 2.23 bits per heavy atom. The van der Waals surface area contributed by atoms with E-state index in [0.29, 0.717) is 6.42 Å². The standard InChI is InChI=1S/C47H34N3O2/c1-3-37-31-14-5-4-13-30(31)32-25-23-29-24-26-36-34-16-7-11-22-43(34)52-46(36)44(29)47-49(28(2)27-38(32)48-37)39-18-8-9-19-40(39)50(47)41-20-12-17-35-33-15-6-10-21-42(33)51-45(35)41/h3-22,24,26,32,38H,1-2,23,25,27H2/q+1. The highest BCUT2D eigenvalue weighted by atomic mass is 16.3. The van der Waals surface area contributed by atoms with Gasteiger partial charge in [0.25, 0.3) is 0 Å². The Morgan fingerprint density at radius 1 is 0.712 bits per heavy atom. The van der Waals surface area contributed by atoms with Crippen LogP contribution in [0.2, 0.25) is 0 Å². The van der Waals surface area contributed by atoms with Crippen LogP contribution in [0.5, 0.6) is 0 Å². The minimum Gasteiger partial charge on any atom is -0.455 e. The maximum atomic E-state index is 6.91. The number of aryl methyl sites for hydroxylation is 1. The molecule has 5 heterocycles. The Kier molecular flexibility index (Phi) is 6.21. The summed E-state index contributed by atoms with van der Waals surface area (Å²) in [4.78, 5) is 5.39. The van der Waals surface area contributed by atoms with Crippen LogP contribution in [0, 0.1) is 0 Å². The third-order valence-electron chi connectivity index (χ3n) is 11.4. The predicted octanol–water partition coefficient (Wildman–Crippen LogP) is 11.3. The van der Waals surface area contributed by atoms with E-state index in [4.69, 9.17) is 20.4 Å². The number of para-hydroxylation sites is 5. The quantitative estimate of drug-likeness (QED) is 0.172. The highest BCUT2D eigenvalue weighted by Crippen LogP contribution is 2.45. The third kappa shape index (κ3) is 4.05. The molecule has 0 aliphatic carbocycles. The van der Waals surface area contributed by atoms with Crippen LogP contribution in [0.15, 0.2) is 160 Å². The second-order valence-electron chi connectivity index (χ2n) is 14.1. The van der Waals surface area contributed by atoms with Gasteiger partial charge in [-0.25, -0.2) is 0 Å². The molecule has 0 fully saturated rings. The summed E-state index contributed by atoms with van der Waals surface area (Å²) in [6.45, 7) is 9.04. The number of aliphatic imine (C=N–C) groups is 1. The zero-order chi connectivity index (χ0) is 34.5. The molecule has 0 saturated heterocycles. The molecule has 0 radical (unpaired) electrons. The summed E-state index contributed by atoms with van der Waals surface area (Å²) in [7, 11) is 0. The molecule has 2 aliphatic heterocycles. The normalized spacial score (nSPS) is 17.2. The molecule has 0 spiro atoms. The minimum atomic E-state index is 0.00755. The van der Waals surface area contributed by atoms with Crippen LogP contribution in [0.4, 0.5) is 0 Å². The fraction of sp³-hybridized carbons (Fsp3) is 0.106. The highest BCUT2D eigenvalue weighted by Gasteiger charge is 2.39. The molecule has 5 heteroatoms. The van der Waals surface area contributed by atoms with Crippen molar-refractivity contribution < 1.29 is 13.4 Å². The van der Waals surface area contributed by atoms with Gasteiger partial charge in [0, 0.05) is 39.4 Å². The van der Waals surface area contributed by atoms with Crippen LogP contribution in [0.1, 0.15) is 35.4 Å². The predicted molar refractivity (Wildman–Crippen MR) is 211 cm³/mol. The van der Waals surface area contributed by atoms with Crippen molar-refractivity contribution in [3.8, 4) is 17.1 Å². The van der Waals surface area contributed by atoms with Gasteiger partial charge in [0.05, 0.1) is 11.8 Å². The van der Waals surface area contributed by atoms with Crippen LogP contribution in [-0.2, 0) is 6.42 Å². The Morgan fingerprint density at radius 2 is 1.40 bits per heavy atom. The first-order valence-electron chi connectivity index (χ1n) is 18.1. The average Bonchev–Trinajstić information content (AvgIpc) is 3.86. The molecular weight excluding hydrogens is 639 g/mol. The Hall–Kier alpha value is -6.46. The van der Waals surface area contributed by atoms with Crippen LogP contribution in [0.3, 0.4) is 0 Å². The summed E-state index contributed by atoms with van der Waals surface area (Å²) < 4.78 is 18.4. The number of hydrogen-bond acceptors (Lipinski definition) is 3. The van der Waals surface area contributed by atoms with Crippen molar-refractivity contribution in [2.24, 2.45) is 4.99 Å². The number of benzene rings is 6. The third-order valence-corrected chi connectivity index (χ3v) is 11.4. The Balaban J connectivity index is 1.28. The molecule has 2 unspecified atom stereocenters. The largest absolute Gasteiger partial charge is 0.455 e. The Bertz CT molecular complexity index is 3010. The van der Waals surface area contributed by atoms with E-state index >= 15 is 0 Å². The number of fused-ring (bicyclic) bond motifs is 15. The van der Waals surface area contributed by atoms with E-state index in [0.717, 1.165) is 96.2 Å². The molecule has 52 heavy (non-hydrogen) atoms. The van der Waals surface area contributed by atoms with Gasteiger partial charge >= 0.3 is 5.82 Å². The van der Waals surface area contributed by atoms with Gasteiger partial charge in [0.2, 0.25) is 0 Å². The SMILES string of the molecule is C=CC1=NC2CC(=C)[n+]3c(n(-c4cccc5c4oc4ccccc45)c4ccccc43)-c3c(ccc4c3oc3ccccc34)CCC2c2ccccc21. The van der Waals surface area contributed by atoms with Crippen molar-refractivity contribution in [2.75, 3.05) is 0 Å². The van der Waals surface area contributed by atoms with Gasteiger partial charge in [-0.3, -0.25) is 4.99 Å². The first-order valence-corrected chi connectivity index (χ1v) is 18.1. The van der Waals surface area contributed by atoms with Crippen LogP contribution < -0.4 is 4.57 Å². The zero-order valence-electron chi connectivity index (χ0n) is 28.6.